The van der Waals surface area contributed by atoms with E-state index >= 15 is 0 Å². The van der Waals surface area contributed by atoms with Gasteiger partial charge in [-0.2, -0.15) is 0 Å². The van der Waals surface area contributed by atoms with Crippen molar-refractivity contribution in [1.82, 2.24) is 20.2 Å². The predicted molar refractivity (Wildman–Crippen MR) is 124 cm³/mol. The van der Waals surface area contributed by atoms with Crippen molar-refractivity contribution < 1.29 is 9.59 Å². The smallest absolute Gasteiger partial charge is 0.259 e. The maximum atomic E-state index is 13.1. The molecule has 2 aromatic rings. The number of hydrogen-bond donors (Lipinski definition) is 2. The van der Waals surface area contributed by atoms with Gasteiger partial charge in [0, 0.05) is 17.9 Å². The zero-order valence-corrected chi connectivity index (χ0v) is 18.8. The van der Waals surface area contributed by atoms with Crippen LogP contribution in [0.5, 0.6) is 0 Å². The Morgan fingerprint density at radius 3 is 2.56 bits per heavy atom. The molecule has 2 amide bonds. The van der Waals surface area contributed by atoms with Crippen molar-refractivity contribution >= 4 is 17.5 Å². The number of nitrogens with one attached hydrogen (secondary N) is 2. The zero-order chi connectivity index (χ0) is 22.3. The lowest BCUT2D eigenvalue weighted by Crippen LogP contribution is -2.45. The van der Waals surface area contributed by atoms with Crippen LogP contribution in [0.15, 0.2) is 36.5 Å². The number of para-hydroxylation sites is 1. The number of benzene rings is 1. The van der Waals surface area contributed by atoms with Crippen molar-refractivity contribution in [2.45, 2.75) is 70.4 Å². The largest absolute Gasteiger partial charge is 0.352 e. The van der Waals surface area contributed by atoms with Gasteiger partial charge >= 0.3 is 0 Å². The topological polar surface area (TPSA) is 87.2 Å². The van der Waals surface area contributed by atoms with Crippen LogP contribution in [-0.4, -0.2) is 45.8 Å². The molecule has 1 saturated heterocycles. The summed E-state index contributed by atoms with van der Waals surface area (Å²) in [5.41, 5.74) is 1.93. The van der Waals surface area contributed by atoms with Crippen molar-refractivity contribution in [1.29, 1.82) is 0 Å². The van der Waals surface area contributed by atoms with Gasteiger partial charge in [0.15, 0.2) is 0 Å². The summed E-state index contributed by atoms with van der Waals surface area (Å²) in [6.45, 7) is 3.00. The molecule has 1 aliphatic heterocycles. The van der Waals surface area contributed by atoms with E-state index in [0.29, 0.717) is 24.0 Å². The maximum Gasteiger partial charge on any atom is 0.259 e. The summed E-state index contributed by atoms with van der Waals surface area (Å²) in [5.74, 6) is 0.488. The third kappa shape index (κ3) is 5.71. The summed E-state index contributed by atoms with van der Waals surface area (Å²) in [5, 5.41) is 6.18. The maximum absolute atomic E-state index is 13.1. The molecule has 1 aromatic heterocycles. The molecular weight excluding hydrogens is 402 g/mol. The fourth-order valence-corrected chi connectivity index (χ4v) is 4.83. The number of anilines is 1. The molecule has 1 atom stereocenters. The lowest BCUT2D eigenvalue weighted by molar-refractivity contribution is -0.124. The van der Waals surface area contributed by atoms with Crippen molar-refractivity contribution in [2.24, 2.45) is 0 Å². The molecule has 2 fully saturated rings. The fourth-order valence-electron chi connectivity index (χ4n) is 4.83. The zero-order valence-electron chi connectivity index (χ0n) is 18.8. The van der Waals surface area contributed by atoms with E-state index in [0.717, 1.165) is 50.0 Å². The SMILES string of the molecule is Cc1ncc(C(=O)Nc2ccccc2)c([C@@H]2CCCCN2CC(=O)NC2CCCCC2)n1. The Kier molecular flexibility index (Phi) is 7.47. The molecule has 0 bridgehead atoms. The van der Waals surface area contributed by atoms with Crippen LogP contribution in [0.3, 0.4) is 0 Å². The standard InChI is InChI=1S/C25H33N5O2/c1-18-26-16-21(25(32)29-20-12-6-3-7-13-20)24(27-18)22-14-8-9-15-30(22)17-23(31)28-19-10-4-2-5-11-19/h3,6-7,12-13,16,19,22H,2,4-5,8-11,14-15,17H2,1H3,(H,28,31)(H,29,32)/t22-/m0/s1. The minimum atomic E-state index is -0.219. The van der Waals surface area contributed by atoms with Gasteiger partial charge in [-0.25, -0.2) is 9.97 Å². The van der Waals surface area contributed by atoms with Gasteiger partial charge in [0.25, 0.3) is 5.91 Å². The molecule has 4 rings (SSSR count). The number of likely N-dealkylation sites (tertiary alicyclic amines) is 1. The Hall–Kier alpha value is -2.80. The number of carbonyl (C=O) groups excluding carboxylic acids is 2. The first-order valence-corrected chi connectivity index (χ1v) is 11.8. The predicted octanol–water partition coefficient (Wildman–Crippen LogP) is 4.01. The third-order valence-corrected chi connectivity index (χ3v) is 6.46. The molecule has 1 aromatic carbocycles. The van der Waals surface area contributed by atoms with Crippen molar-refractivity contribution in [3.63, 3.8) is 0 Å². The van der Waals surface area contributed by atoms with E-state index in [4.69, 9.17) is 0 Å². The first kappa shape index (κ1) is 22.4. The Balaban J connectivity index is 1.51. The Morgan fingerprint density at radius 1 is 1.03 bits per heavy atom. The number of piperidine rings is 1. The van der Waals surface area contributed by atoms with Crippen LogP contribution in [0, 0.1) is 6.92 Å². The molecule has 0 radical (unpaired) electrons. The molecule has 7 heteroatoms. The van der Waals surface area contributed by atoms with Crippen molar-refractivity contribution in [3.8, 4) is 0 Å². The minimum absolute atomic E-state index is 0.0703. The second-order valence-corrected chi connectivity index (χ2v) is 8.92. The highest BCUT2D eigenvalue weighted by molar-refractivity contribution is 6.04. The van der Waals surface area contributed by atoms with Crippen molar-refractivity contribution in [2.75, 3.05) is 18.4 Å². The van der Waals surface area contributed by atoms with E-state index in [-0.39, 0.29) is 17.9 Å². The molecule has 0 spiro atoms. The molecule has 0 unspecified atom stereocenters. The molecule has 2 N–H and O–H groups in total. The van der Waals surface area contributed by atoms with E-state index < -0.39 is 0 Å². The van der Waals surface area contributed by atoms with Crippen LogP contribution in [0.4, 0.5) is 5.69 Å². The van der Waals surface area contributed by atoms with Crippen LogP contribution < -0.4 is 10.6 Å². The van der Waals surface area contributed by atoms with E-state index in [1.54, 1.807) is 6.20 Å². The molecule has 1 aliphatic carbocycles. The minimum Gasteiger partial charge on any atom is -0.352 e. The molecule has 2 heterocycles. The first-order chi connectivity index (χ1) is 15.6. The van der Waals surface area contributed by atoms with Gasteiger partial charge in [0.05, 0.1) is 23.8 Å². The summed E-state index contributed by atoms with van der Waals surface area (Å²) in [7, 11) is 0. The van der Waals surface area contributed by atoms with Gasteiger partial charge in [-0.15, -0.1) is 0 Å². The van der Waals surface area contributed by atoms with E-state index in [2.05, 4.69) is 25.5 Å². The third-order valence-electron chi connectivity index (χ3n) is 6.46. The highest BCUT2D eigenvalue weighted by Gasteiger charge is 2.31. The molecule has 1 saturated carbocycles. The van der Waals surface area contributed by atoms with Crippen LogP contribution in [0.1, 0.15) is 79.3 Å². The van der Waals surface area contributed by atoms with Gasteiger partial charge < -0.3 is 10.6 Å². The summed E-state index contributed by atoms with van der Waals surface area (Å²) in [6.07, 6.45) is 10.4. The van der Waals surface area contributed by atoms with Gasteiger partial charge in [-0.05, 0) is 51.3 Å². The molecule has 170 valence electrons. The van der Waals surface area contributed by atoms with Gasteiger partial charge in [0.1, 0.15) is 5.82 Å². The van der Waals surface area contributed by atoms with Gasteiger partial charge in [0.2, 0.25) is 5.91 Å². The fraction of sp³-hybridized carbons (Fsp3) is 0.520. The summed E-state index contributed by atoms with van der Waals surface area (Å²) in [4.78, 5) is 37.1. The molecule has 7 nitrogen and oxygen atoms in total. The highest BCUT2D eigenvalue weighted by Crippen LogP contribution is 2.32. The number of rotatable bonds is 6. The molecule has 2 aliphatic rings. The summed E-state index contributed by atoms with van der Waals surface area (Å²) in [6, 6.07) is 9.62. The average Bonchev–Trinajstić information content (AvgIpc) is 2.80. The Labute approximate surface area is 190 Å². The van der Waals surface area contributed by atoms with E-state index in [1.807, 2.05) is 37.3 Å². The average molecular weight is 436 g/mol. The Morgan fingerprint density at radius 2 is 1.78 bits per heavy atom. The molecule has 32 heavy (non-hydrogen) atoms. The van der Waals surface area contributed by atoms with Crippen LogP contribution in [0.2, 0.25) is 0 Å². The number of nitrogens with zero attached hydrogens (tertiary/aromatic N) is 3. The monoisotopic (exact) mass is 435 g/mol. The van der Waals surface area contributed by atoms with E-state index in [1.165, 1.54) is 19.3 Å². The van der Waals surface area contributed by atoms with Crippen LogP contribution in [-0.2, 0) is 4.79 Å². The lowest BCUT2D eigenvalue weighted by Gasteiger charge is -2.36. The van der Waals surface area contributed by atoms with Crippen LogP contribution >= 0.6 is 0 Å². The van der Waals surface area contributed by atoms with Crippen molar-refractivity contribution in [3.05, 3.63) is 53.6 Å². The molecular formula is C25H33N5O2. The number of aromatic nitrogens is 2. The number of hydrogen-bond acceptors (Lipinski definition) is 5. The van der Waals surface area contributed by atoms with Gasteiger partial charge in [-0.1, -0.05) is 43.9 Å². The second-order valence-electron chi connectivity index (χ2n) is 8.92. The first-order valence-electron chi connectivity index (χ1n) is 11.8. The number of aryl methyl sites for hydroxylation is 1. The number of amides is 2. The second kappa shape index (κ2) is 10.7. The summed E-state index contributed by atoms with van der Waals surface area (Å²) >= 11 is 0. The quantitative estimate of drug-likeness (QED) is 0.716. The van der Waals surface area contributed by atoms with Crippen LogP contribution in [0.25, 0.3) is 0 Å². The Bertz CT molecular complexity index is 927. The lowest BCUT2D eigenvalue weighted by atomic mass is 9.95. The normalized spacial score (nSPS) is 20.0. The van der Waals surface area contributed by atoms with E-state index in [9.17, 15) is 9.59 Å². The highest BCUT2D eigenvalue weighted by atomic mass is 16.2. The summed E-state index contributed by atoms with van der Waals surface area (Å²) < 4.78 is 0. The van der Waals surface area contributed by atoms with Gasteiger partial charge in [-0.3, -0.25) is 14.5 Å². The number of carbonyl (C=O) groups is 2.